The maximum Gasteiger partial charge on any atom is 0.0531 e. The number of ether oxygens (including phenoxy) is 1. The first-order chi connectivity index (χ1) is 10.3. The SMILES string of the molecule is CCC(COCC(CC)C1=CCCCC1)C1=CCCCC1. The minimum Gasteiger partial charge on any atom is -0.380 e. The fraction of sp³-hybridized carbons (Fsp3) is 0.800. The lowest BCUT2D eigenvalue weighted by Crippen LogP contribution is -2.18. The highest BCUT2D eigenvalue weighted by atomic mass is 16.5. The summed E-state index contributed by atoms with van der Waals surface area (Å²) >= 11 is 0. The summed E-state index contributed by atoms with van der Waals surface area (Å²) in [5.41, 5.74) is 3.35. The molecular formula is C20H34O. The van der Waals surface area contributed by atoms with Crippen molar-refractivity contribution in [3.8, 4) is 0 Å². The Kier molecular flexibility index (Phi) is 7.57. The van der Waals surface area contributed by atoms with Gasteiger partial charge in [-0.15, -0.1) is 0 Å². The summed E-state index contributed by atoms with van der Waals surface area (Å²) in [7, 11) is 0. The number of hydrogen-bond donors (Lipinski definition) is 0. The summed E-state index contributed by atoms with van der Waals surface area (Å²) in [6, 6.07) is 0. The maximum absolute atomic E-state index is 6.16. The van der Waals surface area contributed by atoms with Gasteiger partial charge in [0.1, 0.15) is 0 Å². The second kappa shape index (κ2) is 9.46. The number of allylic oxidation sites excluding steroid dienone is 2. The molecule has 0 fully saturated rings. The average molecular weight is 290 g/mol. The third-order valence-electron chi connectivity index (χ3n) is 5.32. The van der Waals surface area contributed by atoms with Crippen LogP contribution in [0.1, 0.15) is 78.1 Å². The Morgan fingerprint density at radius 1 is 0.810 bits per heavy atom. The Balaban J connectivity index is 1.78. The Bertz CT molecular complexity index is 319. The molecule has 2 unspecified atom stereocenters. The van der Waals surface area contributed by atoms with Gasteiger partial charge in [-0.2, -0.15) is 0 Å². The fourth-order valence-electron chi connectivity index (χ4n) is 3.79. The topological polar surface area (TPSA) is 9.23 Å². The van der Waals surface area contributed by atoms with E-state index in [0.717, 1.165) is 13.2 Å². The van der Waals surface area contributed by atoms with Crippen molar-refractivity contribution in [2.45, 2.75) is 78.1 Å². The van der Waals surface area contributed by atoms with E-state index in [1.165, 1.54) is 64.2 Å². The minimum atomic E-state index is 0.670. The van der Waals surface area contributed by atoms with Crippen molar-refractivity contribution in [1.82, 2.24) is 0 Å². The third kappa shape index (κ3) is 5.29. The van der Waals surface area contributed by atoms with E-state index in [1.807, 2.05) is 0 Å². The van der Waals surface area contributed by atoms with Crippen LogP contribution in [0.25, 0.3) is 0 Å². The van der Waals surface area contributed by atoms with Gasteiger partial charge in [0.25, 0.3) is 0 Å². The van der Waals surface area contributed by atoms with Gasteiger partial charge in [0.15, 0.2) is 0 Å². The minimum absolute atomic E-state index is 0.670. The highest BCUT2D eigenvalue weighted by Crippen LogP contribution is 2.29. The molecule has 2 aliphatic rings. The van der Waals surface area contributed by atoms with Crippen LogP contribution in [-0.2, 0) is 4.74 Å². The highest BCUT2D eigenvalue weighted by molar-refractivity contribution is 5.10. The van der Waals surface area contributed by atoms with Crippen LogP contribution in [0, 0.1) is 11.8 Å². The van der Waals surface area contributed by atoms with Crippen molar-refractivity contribution in [1.29, 1.82) is 0 Å². The predicted molar refractivity (Wildman–Crippen MR) is 91.5 cm³/mol. The van der Waals surface area contributed by atoms with E-state index in [1.54, 1.807) is 11.1 Å². The molecule has 0 bridgehead atoms. The molecule has 120 valence electrons. The lowest BCUT2D eigenvalue weighted by Gasteiger charge is -2.25. The predicted octanol–water partition coefficient (Wildman–Crippen LogP) is 6.06. The molecular weight excluding hydrogens is 256 g/mol. The molecule has 0 saturated heterocycles. The van der Waals surface area contributed by atoms with Gasteiger partial charge in [-0.25, -0.2) is 0 Å². The molecule has 1 nitrogen and oxygen atoms in total. The van der Waals surface area contributed by atoms with Crippen molar-refractivity contribution in [3.63, 3.8) is 0 Å². The molecule has 1 heteroatoms. The van der Waals surface area contributed by atoms with Crippen LogP contribution in [0.15, 0.2) is 23.3 Å². The zero-order valence-corrected chi connectivity index (χ0v) is 14.2. The van der Waals surface area contributed by atoms with Crippen LogP contribution in [0.2, 0.25) is 0 Å². The summed E-state index contributed by atoms with van der Waals surface area (Å²) in [5.74, 6) is 1.34. The fourth-order valence-corrected chi connectivity index (χ4v) is 3.79. The molecule has 2 rings (SSSR count). The standard InChI is InChI=1S/C20H34O/c1-3-17(19-11-7-5-8-12-19)15-21-16-18(4-2)20-13-9-6-10-14-20/h11,13,17-18H,3-10,12,14-16H2,1-2H3. The maximum atomic E-state index is 6.16. The molecule has 0 saturated carbocycles. The van der Waals surface area contributed by atoms with E-state index in [-0.39, 0.29) is 0 Å². The molecule has 0 aromatic rings. The van der Waals surface area contributed by atoms with E-state index in [9.17, 15) is 0 Å². The van der Waals surface area contributed by atoms with Crippen molar-refractivity contribution in [3.05, 3.63) is 23.3 Å². The van der Waals surface area contributed by atoms with Gasteiger partial charge in [-0.1, -0.05) is 37.1 Å². The van der Waals surface area contributed by atoms with Crippen LogP contribution in [0.5, 0.6) is 0 Å². The van der Waals surface area contributed by atoms with Gasteiger partial charge in [-0.3, -0.25) is 0 Å². The molecule has 0 heterocycles. The van der Waals surface area contributed by atoms with E-state index in [4.69, 9.17) is 4.74 Å². The monoisotopic (exact) mass is 290 g/mol. The van der Waals surface area contributed by atoms with Crippen molar-refractivity contribution < 1.29 is 4.74 Å². The van der Waals surface area contributed by atoms with E-state index in [2.05, 4.69) is 26.0 Å². The van der Waals surface area contributed by atoms with Crippen LogP contribution in [0.3, 0.4) is 0 Å². The molecule has 0 aliphatic heterocycles. The highest BCUT2D eigenvalue weighted by Gasteiger charge is 2.18. The van der Waals surface area contributed by atoms with Gasteiger partial charge >= 0.3 is 0 Å². The molecule has 2 atom stereocenters. The van der Waals surface area contributed by atoms with Gasteiger partial charge in [0.05, 0.1) is 13.2 Å². The van der Waals surface area contributed by atoms with Crippen molar-refractivity contribution in [2.24, 2.45) is 11.8 Å². The lowest BCUT2D eigenvalue weighted by molar-refractivity contribution is 0.0836. The molecule has 0 aromatic carbocycles. The van der Waals surface area contributed by atoms with E-state index in [0.29, 0.717) is 11.8 Å². The smallest absolute Gasteiger partial charge is 0.0531 e. The number of rotatable bonds is 8. The van der Waals surface area contributed by atoms with Gasteiger partial charge in [0, 0.05) is 11.8 Å². The Hall–Kier alpha value is -0.560. The Labute approximate surface area is 131 Å². The summed E-state index contributed by atoms with van der Waals surface area (Å²) in [5, 5.41) is 0. The first-order valence-electron chi connectivity index (χ1n) is 9.30. The normalized spacial score (nSPS) is 22.4. The van der Waals surface area contributed by atoms with Gasteiger partial charge in [0.2, 0.25) is 0 Å². The van der Waals surface area contributed by atoms with Gasteiger partial charge in [-0.05, 0) is 64.2 Å². The molecule has 0 spiro atoms. The second-order valence-electron chi connectivity index (χ2n) is 6.80. The molecule has 0 N–H and O–H groups in total. The average Bonchev–Trinajstić information content (AvgIpc) is 2.57. The molecule has 0 amide bonds. The van der Waals surface area contributed by atoms with Gasteiger partial charge < -0.3 is 4.74 Å². The number of hydrogen-bond acceptors (Lipinski definition) is 1. The molecule has 21 heavy (non-hydrogen) atoms. The Morgan fingerprint density at radius 2 is 1.29 bits per heavy atom. The summed E-state index contributed by atoms with van der Waals surface area (Å²) in [6.07, 6.45) is 18.2. The first kappa shape index (κ1) is 16.8. The summed E-state index contributed by atoms with van der Waals surface area (Å²) in [4.78, 5) is 0. The molecule has 0 radical (unpaired) electrons. The van der Waals surface area contributed by atoms with Crippen LogP contribution in [0.4, 0.5) is 0 Å². The van der Waals surface area contributed by atoms with Crippen LogP contribution in [-0.4, -0.2) is 13.2 Å². The van der Waals surface area contributed by atoms with Crippen molar-refractivity contribution >= 4 is 0 Å². The van der Waals surface area contributed by atoms with Crippen LogP contribution >= 0.6 is 0 Å². The third-order valence-corrected chi connectivity index (χ3v) is 5.32. The van der Waals surface area contributed by atoms with E-state index < -0.39 is 0 Å². The quantitative estimate of drug-likeness (QED) is 0.494. The zero-order valence-electron chi connectivity index (χ0n) is 14.2. The van der Waals surface area contributed by atoms with E-state index >= 15 is 0 Å². The molecule has 2 aliphatic carbocycles. The van der Waals surface area contributed by atoms with Crippen molar-refractivity contribution in [2.75, 3.05) is 13.2 Å². The molecule has 0 aromatic heterocycles. The zero-order chi connectivity index (χ0) is 14.9. The summed E-state index contributed by atoms with van der Waals surface area (Å²) < 4.78 is 6.16. The largest absolute Gasteiger partial charge is 0.380 e. The Morgan fingerprint density at radius 3 is 1.62 bits per heavy atom. The summed E-state index contributed by atoms with van der Waals surface area (Å²) in [6.45, 7) is 6.49. The first-order valence-corrected chi connectivity index (χ1v) is 9.30. The lowest BCUT2D eigenvalue weighted by atomic mass is 9.87. The second-order valence-corrected chi connectivity index (χ2v) is 6.80. The van der Waals surface area contributed by atoms with Crippen LogP contribution < -0.4 is 0 Å².